The molecule has 0 bridgehead atoms. The number of amides is 1. The van der Waals surface area contributed by atoms with Gasteiger partial charge in [0.1, 0.15) is 6.10 Å². The molecule has 1 saturated carbocycles. The summed E-state index contributed by atoms with van der Waals surface area (Å²) in [5.41, 5.74) is 7.07. The summed E-state index contributed by atoms with van der Waals surface area (Å²) in [6, 6.07) is 9.31. The maximum absolute atomic E-state index is 11.6. The third-order valence-corrected chi connectivity index (χ3v) is 8.97. The van der Waals surface area contributed by atoms with Crippen LogP contribution in [-0.2, 0) is 20.5 Å². The molecule has 7 heteroatoms. The molecule has 36 heavy (non-hydrogen) atoms. The Morgan fingerprint density at radius 1 is 1.08 bits per heavy atom. The van der Waals surface area contributed by atoms with E-state index in [0.29, 0.717) is 29.7 Å². The molecular formula is C29H47BN2O4. The molecule has 1 aromatic rings. The number of primary amides is 1. The molecule has 3 aliphatic rings. The van der Waals surface area contributed by atoms with Gasteiger partial charge in [-0.15, -0.1) is 0 Å². The topological polar surface area (TPSA) is 74.0 Å². The summed E-state index contributed by atoms with van der Waals surface area (Å²) in [6.07, 6.45) is 1.44. The van der Waals surface area contributed by atoms with Crippen molar-refractivity contribution < 1.29 is 18.8 Å². The molecule has 2 saturated heterocycles. The van der Waals surface area contributed by atoms with Crippen LogP contribution in [0.2, 0.25) is 0 Å². The summed E-state index contributed by atoms with van der Waals surface area (Å²) in [5, 5.41) is 0. The van der Waals surface area contributed by atoms with E-state index in [0.717, 1.165) is 25.0 Å². The van der Waals surface area contributed by atoms with Gasteiger partial charge in [0.15, 0.2) is 0 Å². The van der Waals surface area contributed by atoms with E-state index < -0.39 is 6.09 Å². The number of carbonyl (C=O) groups excluding carboxylic acids is 1. The number of carbonyl (C=O) groups is 1. The minimum atomic E-state index is -0.654. The van der Waals surface area contributed by atoms with Crippen LogP contribution in [0.5, 0.6) is 0 Å². The van der Waals surface area contributed by atoms with Crippen LogP contribution >= 0.6 is 0 Å². The van der Waals surface area contributed by atoms with Gasteiger partial charge < -0.3 is 19.8 Å². The summed E-state index contributed by atoms with van der Waals surface area (Å²) in [6.45, 7) is 21.6. The number of ether oxygens (including phenoxy) is 1. The van der Waals surface area contributed by atoms with Gasteiger partial charge in [-0.05, 0) is 74.7 Å². The standard InChI is InChI=1S/C29H47BN2O4/c1-18(2)14-21(32-16-22-23(17-32)24(22)25(27(3,4)5)34-26(31)33)15-19-10-12-20(13-11-19)30-35-28(6,7)29(8,9)36-30/h10-13,18,21-25H,14-17H2,1-9H3,(H2,31,33). The predicted molar refractivity (Wildman–Crippen MR) is 145 cm³/mol. The number of hydrogen-bond donors (Lipinski definition) is 1. The maximum Gasteiger partial charge on any atom is 0.494 e. The normalized spacial score (nSPS) is 28.7. The number of fused-ring (bicyclic) bond motifs is 1. The van der Waals surface area contributed by atoms with Gasteiger partial charge in [-0.2, -0.15) is 0 Å². The van der Waals surface area contributed by atoms with Gasteiger partial charge in [-0.1, -0.05) is 58.9 Å². The number of nitrogens with zero attached hydrogens (tertiary/aromatic N) is 1. The molecule has 6 nitrogen and oxygen atoms in total. The van der Waals surface area contributed by atoms with Gasteiger partial charge in [-0.3, -0.25) is 4.90 Å². The average Bonchev–Trinajstić information content (AvgIpc) is 3.09. The van der Waals surface area contributed by atoms with E-state index >= 15 is 0 Å². The monoisotopic (exact) mass is 498 g/mol. The van der Waals surface area contributed by atoms with E-state index in [-0.39, 0.29) is 29.8 Å². The molecule has 0 aromatic heterocycles. The Kier molecular flexibility index (Phi) is 7.35. The molecule has 200 valence electrons. The van der Waals surface area contributed by atoms with Crippen LogP contribution < -0.4 is 11.2 Å². The van der Waals surface area contributed by atoms with E-state index in [4.69, 9.17) is 19.8 Å². The highest BCUT2D eigenvalue weighted by molar-refractivity contribution is 6.62. The largest absolute Gasteiger partial charge is 0.494 e. The fourth-order valence-corrected chi connectivity index (χ4v) is 6.28. The lowest BCUT2D eigenvalue weighted by atomic mass is 9.78. The van der Waals surface area contributed by atoms with Gasteiger partial charge in [-0.25, -0.2) is 4.79 Å². The van der Waals surface area contributed by atoms with Crippen molar-refractivity contribution in [3.63, 3.8) is 0 Å². The van der Waals surface area contributed by atoms with E-state index in [2.05, 4.69) is 91.5 Å². The molecule has 1 aliphatic carbocycles. The lowest BCUT2D eigenvalue weighted by molar-refractivity contribution is 0.00578. The molecule has 2 heterocycles. The highest BCUT2D eigenvalue weighted by Gasteiger charge is 2.62. The number of hydrogen-bond acceptors (Lipinski definition) is 5. The first-order valence-electron chi connectivity index (χ1n) is 13.7. The number of likely N-dealkylation sites (tertiary alicyclic amines) is 1. The lowest BCUT2D eigenvalue weighted by Gasteiger charge is -2.35. The number of piperidine rings is 1. The SMILES string of the molecule is CC(C)CC(Cc1ccc(B2OC(C)(C)C(C)(C)O2)cc1)N1CC2C(C1)C2C(OC(N)=O)C(C)(C)C. The van der Waals surface area contributed by atoms with Crippen LogP contribution in [0.15, 0.2) is 24.3 Å². The lowest BCUT2D eigenvalue weighted by Crippen LogP contribution is -2.42. The maximum atomic E-state index is 11.6. The Labute approximate surface area is 218 Å². The summed E-state index contributed by atoms with van der Waals surface area (Å²) < 4.78 is 18.1. The second kappa shape index (κ2) is 9.63. The highest BCUT2D eigenvalue weighted by Crippen LogP contribution is 2.57. The zero-order chi connectivity index (χ0) is 26.6. The van der Waals surface area contributed by atoms with Gasteiger partial charge in [0.05, 0.1) is 11.2 Å². The summed E-state index contributed by atoms with van der Waals surface area (Å²) in [4.78, 5) is 14.2. The average molecular weight is 499 g/mol. The molecule has 2 aliphatic heterocycles. The van der Waals surface area contributed by atoms with Crippen LogP contribution in [0.4, 0.5) is 4.79 Å². The summed E-state index contributed by atoms with van der Waals surface area (Å²) in [7, 11) is -0.323. The van der Waals surface area contributed by atoms with Crippen molar-refractivity contribution in [3.05, 3.63) is 29.8 Å². The second-order valence-corrected chi connectivity index (χ2v) is 13.9. The van der Waals surface area contributed by atoms with Crippen molar-refractivity contribution >= 4 is 18.7 Å². The molecule has 1 aromatic carbocycles. The number of rotatable bonds is 8. The van der Waals surface area contributed by atoms with Crippen molar-refractivity contribution in [1.29, 1.82) is 0 Å². The fraction of sp³-hybridized carbons (Fsp3) is 0.759. The minimum absolute atomic E-state index is 0.106. The van der Waals surface area contributed by atoms with Gasteiger partial charge in [0.25, 0.3) is 0 Å². The minimum Gasteiger partial charge on any atom is -0.446 e. The molecule has 0 radical (unpaired) electrons. The summed E-state index contributed by atoms with van der Waals surface area (Å²) >= 11 is 0. The zero-order valence-electron chi connectivity index (χ0n) is 23.8. The van der Waals surface area contributed by atoms with Crippen molar-refractivity contribution in [2.45, 2.75) is 98.5 Å². The van der Waals surface area contributed by atoms with Crippen LogP contribution in [0.3, 0.4) is 0 Å². The van der Waals surface area contributed by atoms with Crippen LogP contribution in [0.1, 0.15) is 74.3 Å². The third kappa shape index (κ3) is 5.63. The Balaban J connectivity index is 1.39. The van der Waals surface area contributed by atoms with Crippen LogP contribution in [-0.4, -0.2) is 54.5 Å². The molecule has 4 atom stereocenters. The highest BCUT2D eigenvalue weighted by atomic mass is 16.7. The van der Waals surface area contributed by atoms with E-state index in [1.165, 1.54) is 12.0 Å². The van der Waals surface area contributed by atoms with Crippen molar-refractivity contribution in [1.82, 2.24) is 4.90 Å². The Morgan fingerprint density at radius 3 is 2.06 bits per heavy atom. The van der Waals surface area contributed by atoms with E-state index in [1.807, 2.05) is 0 Å². The first-order chi connectivity index (χ1) is 16.6. The predicted octanol–water partition coefficient (Wildman–Crippen LogP) is 4.63. The molecule has 1 amide bonds. The summed E-state index contributed by atoms with van der Waals surface area (Å²) in [5.74, 6) is 2.24. The molecule has 3 fully saturated rings. The van der Waals surface area contributed by atoms with Crippen LogP contribution in [0, 0.1) is 29.1 Å². The third-order valence-electron chi connectivity index (χ3n) is 8.97. The molecular weight excluding hydrogens is 451 g/mol. The Morgan fingerprint density at radius 2 is 1.61 bits per heavy atom. The van der Waals surface area contributed by atoms with Gasteiger partial charge in [0.2, 0.25) is 0 Å². The fourth-order valence-electron chi connectivity index (χ4n) is 6.28. The van der Waals surface area contributed by atoms with Crippen molar-refractivity contribution in [2.24, 2.45) is 34.8 Å². The molecule has 4 unspecified atom stereocenters. The molecule has 4 rings (SSSR count). The van der Waals surface area contributed by atoms with Crippen molar-refractivity contribution in [3.8, 4) is 0 Å². The van der Waals surface area contributed by atoms with E-state index in [9.17, 15) is 4.79 Å². The smallest absolute Gasteiger partial charge is 0.446 e. The van der Waals surface area contributed by atoms with Gasteiger partial charge in [0, 0.05) is 25.0 Å². The Bertz CT molecular complexity index is 912. The second-order valence-electron chi connectivity index (χ2n) is 13.9. The molecule has 2 N–H and O–H groups in total. The first kappa shape index (κ1) is 27.5. The number of benzene rings is 1. The quantitative estimate of drug-likeness (QED) is 0.529. The van der Waals surface area contributed by atoms with Crippen LogP contribution in [0.25, 0.3) is 0 Å². The van der Waals surface area contributed by atoms with Gasteiger partial charge >= 0.3 is 13.2 Å². The Hall–Kier alpha value is -1.57. The zero-order valence-corrected chi connectivity index (χ0v) is 23.8. The number of nitrogens with two attached hydrogens (primary N) is 1. The molecule has 0 spiro atoms. The first-order valence-corrected chi connectivity index (χ1v) is 13.7. The van der Waals surface area contributed by atoms with E-state index in [1.54, 1.807) is 0 Å². The van der Waals surface area contributed by atoms with Crippen molar-refractivity contribution in [2.75, 3.05) is 13.1 Å².